The zero-order valence-electron chi connectivity index (χ0n) is 11.9. The molecule has 0 bridgehead atoms. The van der Waals surface area contributed by atoms with Crippen molar-refractivity contribution in [2.24, 2.45) is 0 Å². The average Bonchev–Trinajstić information content (AvgIpc) is 3.00. The van der Waals surface area contributed by atoms with Crippen molar-refractivity contribution in [1.29, 1.82) is 0 Å². The highest BCUT2D eigenvalue weighted by molar-refractivity contribution is 7.89. The highest BCUT2D eigenvalue weighted by Crippen LogP contribution is 2.19. The lowest BCUT2D eigenvalue weighted by molar-refractivity contribution is 0.409. The monoisotopic (exact) mass is 310 g/mol. The van der Waals surface area contributed by atoms with Crippen LogP contribution in [0.15, 0.2) is 40.1 Å². The van der Waals surface area contributed by atoms with Crippen LogP contribution >= 0.6 is 0 Å². The van der Waals surface area contributed by atoms with Crippen molar-refractivity contribution in [3.8, 4) is 0 Å². The lowest BCUT2D eigenvalue weighted by Gasteiger charge is -2.15. The van der Waals surface area contributed by atoms with Gasteiger partial charge >= 0.3 is 0 Å². The maximum atomic E-state index is 12.3. The van der Waals surface area contributed by atoms with Crippen LogP contribution in [0.5, 0.6) is 0 Å². The van der Waals surface area contributed by atoms with E-state index in [9.17, 15) is 8.42 Å². The van der Waals surface area contributed by atoms with E-state index in [1.807, 2.05) is 20.0 Å². The van der Waals surface area contributed by atoms with Crippen LogP contribution in [0.1, 0.15) is 30.8 Å². The highest BCUT2D eigenvalue weighted by Gasteiger charge is 2.17. The van der Waals surface area contributed by atoms with Crippen molar-refractivity contribution in [2.75, 3.05) is 7.05 Å². The normalized spacial score (nSPS) is 13.2. The van der Waals surface area contributed by atoms with E-state index in [0.29, 0.717) is 0 Å². The van der Waals surface area contributed by atoms with Gasteiger partial charge in [-0.25, -0.2) is 13.1 Å². The Labute approximate surface area is 123 Å². The third kappa shape index (κ3) is 3.87. The van der Waals surface area contributed by atoms with Gasteiger partial charge in [0.1, 0.15) is 0 Å². The van der Waals surface area contributed by atoms with Gasteiger partial charge in [-0.05, 0) is 31.2 Å². The molecule has 0 aliphatic rings. The summed E-state index contributed by atoms with van der Waals surface area (Å²) in [6, 6.07) is 6.99. The first-order valence-corrected chi connectivity index (χ1v) is 8.07. The van der Waals surface area contributed by atoms with E-state index in [-0.39, 0.29) is 23.3 Å². The molecule has 0 spiro atoms. The molecule has 0 saturated carbocycles. The summed E-state index contributed by atoms with van der Waals surface area (Å²) >= 11 is 0. The zero-order valence-corrected chi connectivity index (χ0v) is 12.7. The first-order chi connectivity index (χ1) is 10.1. The number of nitrogens with one attached hydrogen (secondary N) is 2. The second-order valence-electron chi connectivity index (χ2n) is 4.49. The molecule has 2 aromatic rings. The Morgan fingerprint density at radius 1 is 1.38 bits per heavy atom. The molecule has 0 aliphatic carbocycles. The van der Waals surface area contributed by atoms with Crippen LogP contribution in [0.25, 0.3) is 0 Å². The molecule has 0 radical (unpaired) electrons. The Morgan fingerprint density at radius 3 is 2.81 bits per heavy atom. The predicted molar refractivity (Wildman–Crippen MR) is 76.9 cm³/mol. The molecule has 114 valence electrons. The summed E-state index contributed by atoms with van der Waals surface area (Å²) in [5.74, 6) is 0.288. The second kappa shape index (κ2) is 6.79. The van der Waals surface area contributed by atoms with Crippen LogP contribution in [0, 0.1) is 0 Å². The molecule has 1 atom stereocenters. The molecule has 1 heterocycles. The Hall–Kier alpha value is -1.77. The van der Waals surface area contributed by atoms with Crippen LogP contribution in [0.3, 0.4) is 0 Å². The van der Waals surface area contributed by atoms with E-state index < -0.39 is 10.0 Å². The first kappa shape index (κ1) is 15.6. The van der Waals surface area contributed by atoms with E-state index in [1.54, 1.807) is 18.2 Å². The Kier molecular flexibility index (Phi) is 5.05. The smallest absolute Gasteiger partial charge is 0.240 e. The number of hydrogen-bond donors (Lipinski definition) is 2. The van der Waals surface area contributed by atoms with E-state index in [2.05, 4.69) is 24.7 Å². The van der Waals surface area contributed by atoms with E-state index in [4.69, 9.17) is 0 Å². The molecule has 8 heteroatoms. The van der Waals surface area contributed by atoms with E-state index >= 15 is 0 Å². The Bertz CT molecular complexity index is 666. The van der Waals surface area contributed by atoms with Crippen LogP contribution in [0.4, 0.5) is 0 Å². The van der Waals surface area contributed by atoms with Crippen molar-refractivity contribution >= 4 is 10.0 Å². The molecule has 0 fully saturated rings. The molecule has 2 rings (SSSR count). The summed E-state index contributed by atoms with van der Waals surface area (Å²) in [4.78, 5) is 3.99. The summed E-state index contributed by atoms with van der Waals surface area (Å²) in [6.45, 7) is 2.03. The molecule has 2 N–H and O–H groups in total. The number of rotatable bonds is 7. The maximum absolute atomic E-state index is 12.3. The molecule has 21 heavy (non-hydrogen) atoms. The van der Waals surface area contributed by atoms with Gasteiger partial charge in [0.05, 0.1) is 11.4 Å². The summed E-state index contributed by atoms with van der Waals surface area (Å²) < 4.78 is 31.5. The van der Waals surface area contributed by atoms with Gasteiger partial charge in [-0.3, -0.25) is 0 Å². The van der Waals surface area contributed by atoms with Crippen LogP contribution in [-0.4, -0.2) is 25.6 Å². The SMILES string of the molecule is CCC(NC)c1cccc(S(=O)(=O)NCc2ncon2)c1. The zero-order chi connectivity index (χ0) is 15.3. The predicted octanol–water partition coefficient (Wildman–Crippen LogP) is 1.22. The molecule has 7 nitrogen and oxygen atoms in total. The summed E-state index contributed by atoms with van der Waals surface area (Å²) in [7, 11) is -1.76. The van der Waals surface area contributed by atoms with Crippen LogP contribution in [-0.2, 0) is 16.6 Å². The van der Waals surface area contributed by atoms with Crippen molar-refractivity contribution in [3.63, 3.8) is 0 Å². The largest absolute Gasteiger partial charge is 0.343 e. The van der Waals surface area contributed by atoms with Crippen molar-refractivity contribution in [2.45, 2.75) is 30.8 Å². The molecule has 1 aromatic carbocycles. The molecule has 1 unspecified atom stereocenters. The highest BCUT2D eigenvalue weighted by atomic mass is 32.2. The van der Waals surface area contributed by atoms with Gasteiger partial charge < -0.3 is 9.84 Å². The maximum Gasteiger partial charge on any atom is 0.240 e. The molecule has 1 aromatic heterocycles. The number of hydrogen-bond acceptors (Lipinski definition) is 6. The second-order valence-corrected chi connectivity index (χ2v) is 6.26. The van der Waals surface area contributed by atoms with Crippen LogP contribution < -0.4 is 10.0 Å². The number of nitrogens with zero attached hydrogens (tertiary/aromatic N) is 2. The minimum Gasteiger partial charge on any atom is -0.343 e. The lowest BCUT2D eigenvalue weighted by atomic mass is 10.1. The fraction of sp³-hybridized carbons (Fsp3) is 0.385. The molecule has 0 amide bonds. The van der Waals surface area contributed by atoms with Gasteiger partial charge in [0.15, 0.2) is 5.82 Å². The van der Waals surface area contributed by atoms with Crippen molar-refractivity contribution < 1.29 is 12.9 Å². The molecule has 0 saturated heterocycles. The van der Waals surface area contributed by atoms with Gasteiger partial charge in [0.2, 0.25) is 16.4 Å². The number of benzene rings is 1. The summed E-state index contributed by atoms with van der Waals surface area (Å²) in [6.07, 6.45) is 2.03. The van der Waals surface area contributed by atoms with E-state index in [0.717, 1.165) is 18.4 Å². The summed E-state index contributed by atoms with van der Waals surface area (Å²) in [5, 5.41) is 6.72. The average molecular weight is 310 g/mol. The van der Waals surface area contributed by atoms with Gasteiger partial charge in [-0.2, -0.15) is 4.98 Å². The minimum absolute atomic E-state index is 0.00764. The fourth-order valence-electron chi connectivity index (χ4n) is 2.02. The van der Waals surface area contributed by atoms with Crippen molar-refractivity contribution in [3.05, 3.63) is 42.0 Å². The number of sulfonamides is 1. The fourth-order valence-corrected chi connectivity index (χ4v) is 3.05. The third-order valence-electron chi connectivity index (χ3n) is 3.15. The summed E-state index contributed by atoms with van der Waals surface area (Å²) in [5.41, 5.74) is 0.933. The Balaban J connectivity index is 2.17. The Morgan fingerprint density at radius 2 is 2.19 bits per heavy atom. The van der Waals surface area contributed by atoms with Gasteiger partial charge in [-0.15, -0.1) is 0 Å². The number of aromatic nitrogens is 2. The molecular weight excluding hydrogens is 292 g/mol. The van der Waals surface area contributed by atoms with Crippen molar-refractivity contribution in [1.82, 2.24) is 20.2 Å². The minimum atomic E-state index is -3.61. The van der Waals surface area contributed by atoms with Gasteiger partial charge in [0.25, 0.3) is 0 Å². The van der Waals surface area contributed by atoms with E-state index in [1.165, 1.54) is 0 Å². The van der Waals surface area contributed by atoms with Gasteiger partial charge in [0, 0.05) is 6.04 Å². The quantitative estimate of drug-likeness (QED) is 0.798. The van der Waals surface area contributed by atoms with Gasteiger partial charge in [-0.1, -0.05) is 24.2 Å². The topological polar surface area (TPSA) is 97.1 Å². The molecular formula is C13H18N4O3S. The first-order valence-electron chi connectivity index (χ1n) is 6.59. The third-order valence-corrected chi connectivity index (χ3v) is 4.55. The molecule has 0 aliphatic heterocycles. The lowest BCUT2D eigenvalue weighted by Crippen LogP contribution is -2.24. The van der Waals surface area contributed by atoms with Crippen LogP contribution in [0.2, 0.25) is 0 Å². The standard InChI is InChI=1S/C13H18N4O3S/c1-3-12(14-2)10-5-4-6-11(7-10)21(18,19)16-8-13-15-9-20-17-13/h4-7,9,12,14,16H,3,8H2,1-2H3.